The predicted molar refractivity (Wildman–Crippen MR) is 141 cm³/mol. The molecule has 1 aliphatic rings. The van der Waals surface area contributed by atoms with Crippen LogP contribution in [0.5, 0.6) is 0 Å². The van der Waals surface area contributed by atoms with Gasteiger partial charge in [0.15, 0.2) is 0 Å². The molecule has 36 heavy (non-hydrogen) atoms. The highest BCUT2D eigenvalue weighted by Crippen LogP contribution is 2.37. The lowest BCUT2D eigenvalue weighted by Gasteiger charge is -2.26. The smallest absolute Gasteiger partial charge is 0.265 e. The lowest BCUT2D eigenvalue weighted by atomic mass is 10.1. The number of benzene rings is 3. The fraction of sp³-hybridized carbons (Fsp3) is 0.296. The van der Waals surface area contributed by atoms with E-state index in [1.54, 1.807) is 30.3 Å². The lowest BCUT2D eigenvalue weighted by molar-refractivity contribution is -0.122. The molecular formula is C27H29ClFN3O3S. The number of fused-ring (bicyclic) bond motifs is 1. The van der Waals surface area contributed by atoms with Crippen molar-refractivity contribution in [1.29, 1.82) is 0 Å². The van der Waals surface area contributed by atoms with Crippen molar-refractivity contribution in [3.8, 4) is 11.1 Å². The van der Waals surface area contributed by atoms with Crippen LogP contribution in [0, 0.1) is 5.82 Å². The van der Waals surface area contributed by atoms with E-state index in [4.69, 9.17) is 11.6 Å². The molecule has 0 aliphatic carbocycles. The molecule has 190 valence electrons. The molecule has 0 spiro atoms. The first-order valence-electron chi connectivity index (χ1n) is 11.8. The molecular weight excluding hydrogens is 501 g/mol. The highest BCUT2D eigenvalue weighted by atomic mass is 35.5. The summed E-state index contributed by atoms with van der Waals surface area (Å²) >= 11 is 6.17. The van der Waals surface area contributed by atoms with Crippen molar-refractivity contribution in [2.24, 2.45) is 0 Å². The van der Waals surface area contributed by atoms with Gasteiger partial charge < -0.3 is 10.2 Å². The molecule has 0 aromatic heterocycles. The van der Waals surface area contributed by atoms with E-state index in [2.05, 4.69) is 10.2 Å². The maximum atomic E-state index is 13.8. The number of hydrogen-bond acceptors (Lipinski definition) is 4. The molecule has 0 saturated heterocycles. The fourth-order valence-electron chi connectivity index (χ4n) is 4.38. The van der Waals surface area contributed by atoms with Crippen LogP contribution in [0.1, 0.15) is 18.4 Å². The third-order valence-corrected chi connectivity index (χ3v) is 8.36. The number of halogens is 2. The van der Waals surface area contributed by atoms with E-state index in [1.807, 2.05) is 26.2 Å². The Bertz CT molecular complexity index is 1350. The van der Waals surface area contributed by atoms with Crippen molar-refractivity contribution < 1.29 is 17.6 Å². The summed E-state index contributed by atoms with van der Waals surface area (Å²) in [5.74, 6) is -0.757. The molecule has 0 unspecified atom stereocenters. The second-order valence-electron chi connectivity index (χ2n) is 9.10. The molecule has 0 fully saturated rings. The number of sulfonamides is 1. The molecule has 1 heterocycles. The largest absolute Gasteiger partial charge is 0.354 e. The third kappa shape index (κ3) is 5.56. The van der Waals surface area contributed by atoms with Crippen LogP contribution >= 0.6 is 11.6 Å². The van der Waals surface area contributed by atoms with E-state index < -0.39 is 21.9 Å². The molecule has 3 aromatic rings. The first-order chi connectivity index (χ1) is 17.2. The Morgan fingerprint density at radius 1 is 1.08 bits per heavy atom. The topological polar surface area (TPSA) is 69.7 Å². The van der Waals surface area contributed by atoms with Crippen LogP contribution < -0.4 is 9.62 Å². The van der Waals surface area contributed by atoms with Gasteiger partial charge in [-0.3, -0.25) is 9.10 Å². The van der Waals surface area contributed by atoms with Gasteiger partial charge in [-0.05, 0) is 81.0 Å². The highest BCUT2D eigenvalue weighted by molar-refractivity contribution is 7.93. The number of carbonyl (C=O) groups excluding carboxylic acids is 1. The number of nitrogens with zero attached hydrogens (tertiary/aromatic N) is 2. The molecule has 0 saturated carbocycles. The van der Waals surface area contributed by atoms with Gasteiger partial charge in [0.05, 0.1) is 15.6 Å². The van der Waals surface area contributed by atoms with Crippen LogP contribution in [-0.2, 0) is 21.2 Å². The van der Waals surface area contributed by atoms with Crippen molar-refractivity contribution in [3.05, 3.63) is 83.1 Å². The second-order valence-corrected chi connectivity index (χ2v) is 11.3. The predicted octanol–water partition coefficient (Wildman–Crippen LogP) is 4.72. The molecule has 1 atom stereocenters. The van der Waals surface area contributed by atoms with Crippen LogP contribution in [0.3, 0.4) is 0 Å². The van der Waals surface area contributed by atoms with Gasteiger partial charge in [-0.1, -0.05) is 41.9 Å². The van der Waals surface area contributed by atoms with Gasteiger partial charge in [0.25, 0.3) is 10.0 Å². The summed E-state index contributed by atoms with van der Waals surface area (Å²) in [6.45, 7) is 1.41. The Kier molecular flexibility index (Phi) is 7.97. The third-order valence-electron chi connectivity index (χ3n) is 6.21. The van der Waals surface area contributed by atoms with Gasteiger partial charge in [-0.2, -0.15) is 0 Å². The van der Waals surface area contributed by atoms with Gasteiger partial charge in [0.1, 0.15) is 11.9 Å². The standard InChI is InChI=1S/C27H29ClFN3O3S/c1-31(2)16-6-5-15-30-27(33)26-17-20-7-3-4-8-25(20)32(26)36(34,35)22-12-9-19(10-13-22)23-14-11-21(29)18-24(23)28/h3-4,7-14,18,26H,5-6,15-17H2,1-2H3,(H,30,33)/t26-/m0/s1. The maximum Gasteiger partial charge on any atom is 0.265 e. The Balaban J connectivity index is 1.58. The number of carbonyl (C=O) groups is 1. The van der Waals surface area contributed by atoms with Crippen LogP contribution in [0.15, 0.2) is 71.6 Å². The number of nitrogens with one attached hydrogen (secondary N) is 1. The SMILES string of the molecule is CN(C)CCCCNC(=O)[C@@H]1Cc2ccccc2N1S(=O)(=O)c1ccc(-c2ccc(F)cc2Cl)cc1. The van der Waals surface area contributed by atoms with Gasteiger partial charge >= 0.3 is 0 Å². The Morgan fingerprint density at radius 2 is 1.81 bits per heavy atom. The Morgan fingerprint density at radius 3 is 2.50 bits per heavy atom. The molecule has 6 nitrogen and oxygen atoms in total. The van der Waals surface area contributed by atoms with Crippen molar-refractivity contribution in [3.63, 3.8) is 0 Å². The minimum absolute atomic E-state index is 0.0602. The Labute approximate surface area is 216 Å². The van der Waals surface area contributed by atoms with Gasteiger partial charge in [0, 0.05) is 18.5 Å². The summed E-state index contributed by atoms with van der Waals surface area (Å²) < 4.78 is 42.2. The van der Waals surface area contributed by atoms with Gasteiger partial charge in [-0.25, -0.2) is 12.8 Å². The van der Waals surface area contributed by atoms with Crippen LogP contribution in [0.25, 0.3) is 11.1 Å². The van der Waals surface area contributed by atoms with E-state index >= 15 is 0 Å². The average Bonchev–Trinajstić information content (AvgIpc) is 3.24. The molecule has 0 radical (unpaired) electrons. The van der Waals surface area contributed by atoms with Gasteiger partial charge in [0.2, 0.25) is 5.91 Å². The normalized spacial score (nSPS) is 15.2. The monoisotopic (exact) mass is 529 g/mol. The summed E-state index contributed by atoms with van der Waals surface area (Å²) in [5.41, 5.74) is 2.58. The minimum Gasteiger partial charge on any atom is -0.354 e. The van der Waals surface area contributed by atoms with E-state index in [0.717, 1.165) is 24.9 Å². The van der Waals surface area contributed by atoms with Crippen molar-refractivity contribution in [1.82, 2.24) is 10.2 Å². The first-order valence-corrected chi connectivity index (χ1v) is 13.6. The number of anilines is 1. The second kappa shape index (κ2) is 11.0. The summed E-state index contributed by atoms with van der Waals surface area (Å²) in [7, 11) is -0.0400. The molecule has 4 rings (SSSR count). The van der Waals surface area contributed by atoms with Crippen molar-refractivity contribution >= 4 is 33.2 Å². The highest BCUT2D eigenvalue weighted by Gasteiger charge is 2.42. The zero-order chi connectivity index (χ0) is 25.9. The summed E-state index contributed by atoms with van der Waals surface area (Å²) in [5, 5.41) is 3.16. The number of para-hydroxylation sites is 1. The fourth-order valence-corrected chi connectivity index (χ4v) is 6.31. The van der Waals surface area contributed by atoms with E-state index in [1.165, 1.54) is 28.6 Å². The zero-order valence-electron chi connectivity index (χ0n) is 20.2. The zero-order valence-corrected chi connectivity index (χ0v) is 21.8. The number of unbranched alkanes of at least 4 members (excludes halogenated alkanes) is 1. The first kappa shape index (κ1) is 26.1. The molecule has 9 heteroatoms. The van der Waals surface area contributed by atoms with Crippen molar-refractivity contribution in [2.75, 3.05) is 31.5 Å². The van der Waals surface area contributed by atoms with Gasteiger partial charge in [-0.15, -0.1) is 0 Å². The Hall–Kier alpha value is -2.94. The number of rotatable bonds is 9. The van der Waals surface area contributed by atoms with E-state index in [0.29, 0.717) is 29.8 Å². The van der Waals surface area contributed by atoms with E-state index in [-0.39, 0.29) is 15.8 Å². The summed E-state index contributed by atoms with van der Waals surface area (Å²) in [6, 6.07) is 16.6. The van der Waals surface area contributed by atoms with Crippen LogP contribution in [0.2, 0.25) is 5.02 Å². The summed E-state index contributed by atoms with van der Waals surface area (Å²) in [6.07, 6.45) is 2.05. The molecule has 1 aliphatic heterocycles. The number of amides is 1. The molecule has 1 amide bonds. The van der Waals surface area contributed by atoms with E-state index in [9.17, 15) is 17.6 Å². The average molecular weight is 530 g/mol. The minimum atomic E-state index is -4.04. The molecule has 0 bridgehead atoms. The van der Waals surface area contributed by atoms with Crippen LogP contribution in [0.4, 0.5) is 10.1 Å². The lowest BCUT2D eigenvalue weighted by Crippen LogP contribution is -2.48. The quantitative estimate of drug-likeness (QED) is 0.407. The maximum absolute atomic E-state index is 13.8. The molecule has 1 N–H and O–H groups in total. The van der Waals surface area contributed by atoms with Crippen LogP contribution in [-0.4, -0.2) is 52.5 Å². The summed E-state index contributed by atoms with van der Waals surface area (Å²) in [4.78, 5) is 15.3. The number of hydrogen-bond donors (Lipinski definition) is 1. The molecule has 3 aromatic carbocycles. The van der Waals surface area contributed by atoms with Crippen molar-refractivity contribution in [2.45, 2.75) is 30.2 Å².